The van der Waals surface area contributed by atoms with Crippen molar-refractivity contribution >= 4 is 27.4 Å². The van der Waals surface area contributed by atoms with Crippen molar-refractivity contribution < 1.29 is 31.1 Å². The minimum Gasteiger partial charge on any atom is -0.399 e. The predicted octanol–water partition coefficient (Wildman–Crippen LogP) is 3.95. The van der Waals surface area contributed by atoms with Gasteiger partial charge in [0, 0.05) is 15.7 Å². The molecule has 0 amide bonds. The Hall–Kier alpha value is -1.25. The molecule has 0 aliphatic carbocycles. The first-order chi connectivity index (χ1) is 8.44. The van der Waals surface area contributed by atoms with Crippen molar-refractivity contribution in [3.8, 4) is 0 Å². The van der Waals surface area contributed by atoms with Gasteiger partial charge in [0.1, 0.15) is 0 Å². The van der Waals surface area contributed by atoms with E-state index in [0.29, 0.717) is 0 Å². The third-order valence-electron chi connectivity index (χ3n) is 2.18. The maximum atomic E-state index is 12.4. The Morgan fingerprint density at radius 3 is 1.95 bits per heavy atom. The normalized spacial score (nSPS) is 12.8. The smallest absolute Gasteiger partial charge is 0.399 e. The number of nitrogens with two attached hydrogens (primary N) is 1. The van der Waals surface area contributed by atoms with Gasteiger partial charge in [-0.25, -0.2) is 0 Å². The lowest BCUT2D eigenvalue weighted by Crippen LogP contribution is -2.42. The molecule has 1 rings (SSSR count). The Kier molecular flexibility index (Phi) is 4.18. The Bertz CT molecular complexity index is 482. The molecule has 0 fully saturated rings. The van der Waals surface area contributed by atoms with Crippen molar-refractivity contribution in [2.75, 3.05) is 5.73 Å². The summed E-state index contributed by atoms with van der Waals surface area (Å²) in [6.07, 6.45) is -11.4. The van der Waals surface area contributed by atoms with E-state index in [9.17, 15) is 31.1 Å². The largest absolute Gasteiger partial charge is 0.407 e. The third kappa shape index (κ3) is 3.62. The Labute approximate surface area is 111 Å². The van der Waals surface area contributed by atoms with E-state index in [1.807, 2.05) is 0 Å². The summed E-state index contributed by atoms with van der Waals surface area (Å²) in [5.74, 6) is -6.13. The average Bonchev–Trinajstić information content (AvgIpc) is 2.11. The number of hydrogen-bond acceptors (Lipinski definition) is 2. The highest BCUT2D eigenvalue weighted by atomic mass is 79.9. The number of hydrogen-bond donors (Lipinski definition) is 1. The zero-order valence-electron chi connectivity index (χ0n) is 8.94. The Morgan fingerprint density at radius 1 is 1.11 bits per heavy atom. The van der Waals surface area contributed by atoms with Gasteiger partial charge in [0.25, 0.3) is 0 Å². The number of nitrogen functional groups attached to an aromatic ring is 1. The number of carbonyl (C=O) groups excluding carboxylic acids is 1. The molecule has 0 bridgehead atoms. The molecule has 0 aliphatic rings. The standard InChI is InChI=1S/C10H6BrF6NO/c11-6-3-4(18)1-2-5(6)7(19)8(9(12,13)14)10(15,16)17/h1-3,8H,18H2. The number of alkyl halides is 6. The molecule has 0 unspecified atom stereocenters. The molecule has 0 saturated carbocycles. The van der Waals surface area contributed by atoms with Crippen LogP contribution in [0.3, 0.4) is 0 Å². The van der Waals surface area contributed by atoms with Crippen LogP contribution in [0.25, 0.3) is 0 Å². The zero-order valence-corrected chi connectivity index (χ0v) is 10.5. The van der Waals surface area contributed by atoms with Crippen LogP contribution >= 0.6 is 15.9 Å². The van der Waals surface area contributed by atoms with Crippen molar-refractivity contribution in [2.24, 2.45) is 5.92 Å². The molecule has 19 heavy (non-hydrogen) atoms. The van der Waals surface area contributed by atoms with Crippen molar-refractivity contribution in [1.29, 1.82) is 0 Å². The fraction of sp³-hybridized carbons (Fsp3) is 0.300. The molecule has 106 valence electrons. The van der Waals surface area contributed by atoms with E-state index < -0.39 is 29.6 Å². The molecule has 0 aliphatic heterocycles. The van der Waals surface area contributed by atoms with Gasteiger partial charge in [-0.05, 0) is 34.1 Å². The Balaban J connectivity index is 3.29. The summed E-state index contributed by atoms with van der Waals surface area (Å²) in [6.45, 7) is 0. The van der Waals surface area contributed by atoms with Gasteiger partial charge < -0.3 is 5.73 Å². The molecule has 9 heteroatoms. The number of rotatable bonds is 2. The number of carbonyl (C=O) groups is 1. The second-order valence-electron chi connectivity index (χ2n) is 3.62. The first-order valence-corrected chi connectivity index (χ1v) is 5.46. The molecule has 1 aromatic rings. The molecular formula is C10H6BrF6NO. The van der Waals surface area contributed by atoms with Gasteiger partial charge in [0.15, 0.2) is 5.78 Å². The summed E-state index contributed by atoms with van der Waals surface area (Å²) in [5, 5.41) is 0. The minimum absolute atomic E-state index is 0.0963. The molecule has 0 aromatic heterocycles. The van der Waals surface area contributed by atoms with Crippen molar-refractivity contribution in [2.45, 2.75) is 12.4 Å². The van der Waals surface area contributed by atoms with Crippen LogP contribution in [-0.2, 0) is 0 Å². The fourth-order valence-electron chi connectivity index (χ4n) is 1.37. The van der Waals surface area contributed by atoms with Gasteiger partial charge in [-0.2, -0.15) is 26.3 Å². The van der Waals surface area contributed by atoms with Gasteiger partial charge in [-0.3, -0.25) is 4.79 Å². The molecule has 0 saturated heterocycles. The van der Waals surface area contributed by atoms with Crippen LogP contribution in [0.4, 0.5) is 32.0 Å². The van der Waals surface area contributed by atoms with Gasteiger partial charge in [-0.1, -0.05) is 0 Å². The lowest BCUT2D eigenvalue weighted by Gasteiger charge is -2.22. The molecular weight excluding hydrogens is 344 g/mol. The average molecular weight is 350 g/mol. The quantitative estimate of drug-likeness (QED) is 0.499. The van der Waals surface area contributed by atoms with Gasteiger partial charge in [0.2, 0.25) is 5.92 Å². The fourth-order valence-corrected chi connectivity index (χ4v) is 1.96. The van der Waals surface area contributed by atoms with E-state index in [-0.39, 0.29) is 10.2 Å². The zero-order chi connectivity index (χ0) is 15.0. The van der Waals surface area contributed by atoms with Crippen LogP contribution in [0.2, 0.25) is 0 Å². The summed E-state index contributed by atoms with van der Waals surface area (Å²) in [6, 6.07) is 2.91. The molecule has 2 nitrogen and oxygen atoms in total. The van der Waals surface area contributed by atoms with E-state index in [1.165, 1.54) is 0 Å². The van der Waals surface area contributed by atoms with Crippen molar-refractivity contribution in [3.63, 3.8) is 0 Å². The molecule has 0 atom stereocenters. The predicted molar refractivity (Wildman–Crippen MR) is 58.5 cm³/mol. The van der Waals surface area contributed by atoms with Crippen LogP contribution in [0.15, 0.2) is 22.7 Å². The van der Waals surface area contributed by atoms with Crippen molar-refractivity contribution in [3.05, 3.63) is 28.2 Å². The summed E-state index contributed by atoms with van der Waals surface area (Å²) < 4.78 is 74.1. The van der Waals surface area contributed by atoms with Crippen LogP contribution < -0.4 is 5.73 Å². The number of ketones is 1. The minimum atomic E-state index is -5.71. The highest BCUT2D eigenvalue weighted by molar-refractivity contribution is 9.10. The number of anilines is 1. The number of benzene rings is 1. The summed E-state index contributed by atoms with van der Waals surface area (Å²) in [4.78, 5) is 11.5. The van der Waals surface area contributed by atoms with Crippen LogP contribution in [-0.4, -0.2) is 18.1 Å². The lowest BCUT2D eigenvalue weighted by molar-refractivity contribution is -0.264. The first-order valence-electron chi connectivity index (χ1n) is 4.67. The van der Waals surface area contributed by atoms with Crippen LogP contribution in [0.1, 0.15) is 10.4 Å². The van der Waals surface area contributed by atoms with Crippen LogP contribution in [0.5, 0.6) is 0 Å². The maximum Gasteiger partial charge on any atom is 0.407 e. The topological polar surface area (TPSA) is 43.1 Å². The summed E-state index contributed by atoms with van der Waals surface area (Å²) in [5.41, 5.74) is 4.66. The number of halogens is 7. The van der Waals surface area contributed by atoms with Gasteiger partial charge in [-0.15, -0.1) is 0 Å². The first kappa shape index (κ1) is 15.8. The second-order valence-corrected chi connectivity index (χ2v) is 4.47. The molecule has 0 heterocycles. The molecule has 1 aromatic carbocycles. The third-order valence-corrected chi connectivity index (χ3v) is 2.83. The van der Waals surface area contributed by atoms with E-state index >= 15 is 0 Å². The van der Waals surface area contributed by atoms with Crippen molar-refractivity contribution in [1.82, 2.24) is 0 Å². The van der Waals surface area contributed by atoms with Crippen LogP contribution in [0, 0.1) is 5.92 Å². The second kappa shape index (κ2) is 5.03. The summed E-state index contributed by atoms with van der Waals surface area (Å²) in [7, 11) is 0. The SMILES string of the molecule is Nc1ccc(C(=O)C(C(F)(F)F)C(F)(F)F)c(Br)c1. The van der Waals surface area contributed by atoms with Gasteiger partial charge >= 0.3 is 12.4 Å². The molecule has 0 radical (unpaired) electrons. The summed E-state index contributed by atoms with van der Waals surface area (Å²) >= 11 is 2.71. The van der Waals surface area contributed by atoms with Gasteiger partial charge in [0.05, 0.1) is 0 Å². The van der Waals surface area contributed by atoms with E-state index in [0.717, 1.165) is 18.2 Å². The lowest BCUT2D eigenvalue weighted by atomic mass is 9.96. The van der Waals surface area contributed by atoms with E-state index in [4.69, 9.17) is 5.73 Å². The molecule has 2 N–H and O–H groups in total. The molecule has 0 spiro atoms. The Morgan fingerprint density at radius 2 is 1.58 bits per heavy atom. The number of Topliss-reactive ketones (excluding diaryl/α,β-unsaturated/α-hetero) is 1. The van der Waals surface area contributed by atoms with E-state index in [1.54, 1.807) is 0 Å². The highest BCUT2D eigenvalue weighted by Crippen LogP contribution is 2.42. The monoisotopic (exact) mass is 349 g/mol. The van der Waals surface area contributed by atoms with E-state index in [2.05, 4.69) is 15.9 Å². The highest BCUT2D eigenvalue weighted by Gasteiger charge is 2.61. The maximum absolute atomic E-state index is 12.4.